The fourth-order valence-electron chi connectivity index (χ4n) is 2.87. The lowest BCUT2D eigenvalue weighted by Gasteiger charge is -2.11. The van der Waals surface area contributed by atoms with Gasteiger partial charge < -0.3 is 4.57 Å². The quantitative estimate of drug-likeness (QED) is 0.453. The minimum atomic E-state index is -0.110. The number of hydrogen-bond donors (Lipinski definition) is 1. The summed E-state index contributed by atoms with van der Waals surface area (Å²) in [6.07, 6.45) is 2.06. The molecule has 0 aliphatic rings. The van der Waals surface area contributed by atoms with Gasteiger partial charge in [0.05, 0.1) is 12.6 Å². The normalized spacial score (nSPS) is 11.2. The van der Waals surface area contributed by atoms with Gasteiger partial charge in [-0.1, -0.05) is 22.0 Å². The Morgan fingerprint density at radius 2 is 2.08 bits per heavy atom. The summed E-state index contributed by atoms with van der Waals surface area (Å²) in [5, 5.41) is 6.08. The molecular weight excluding hydrogens is 410 g/mol. The minimum absolute atomic E-state index is 0.110. The number of carbonyl (C=O) groups is 1. The zero-order chi connectivity index (χ0) is 18.7. The SMILES string of the molecule is Cc1cc(-n2c(C)cc(/C=N\NC(=O)Cc3cccs3)c2C)ccc1Br. The summed E-state index contributed by atoms with van der Waals surface area (Å²) in [6.45, 7) is 6.20. The average Bonchev–Trinajstić information content (AvgIpc) is 3.19. The van der Waals surface area contributed by atoms with Crippen LogP contribution in [0.3, 0.4) is 0 Å². The molecule has 1 aromatic carbocycles. The van der Waals surface area contributed by atoms with Crippen LogP contribution in [0, 0.1) is 20.8 Å². The molecule has 0 fully saturated rings. The molecule has 6 heteroatoms. The molecule has 134 valence electrons. The lowest BCUT2D eigenvalue weighted by molar-refractivity contribution is -0.120. The molecule has 26 heavy (non-hydrogen) atoms. The van der Waals surface area contributed by atoms with Crippen molar-refractivity contribution in [3.8, 4) is 5.69 Å². The van der Waals surface area contributed by atoms with Crippen LogP contribution < -0.4 is 5.43 Å². The van der Waals surface area contributed by atoms with E-state index in [1.54, 1.807) is 17.6 Å². The number of carbonyl (C=O) groups excluding carboxylic acids is 1. The zero-order valence-corrected chi connectivity index (χ0v) is 17.3. The van der Waals surface area contributed by atoms with Crippen LogP contribution in [0.25, 0.3) is 5.69 Å². The molecule has 2 heterocycles. The summed E-state index contributed by atoms with van der Waals surface area (Å²) in [5.74, 6) is -0.110. The standard InChI is InChI=1S/C20H20BrN3OS/c1-13-9-17(6-7-19(13)21)24-14(2)10-16(15(24)3)12-22-23-20(25)11-18-5-4-8-26-18/h4-10,12H,11H2,1-3H3,(H,23,25)/b22-12-. The van der Waals surface area contributed by atoms with Gasteiger partial charge >= 0.3 is 0 Å². The van der Waals surface area contributed by atoms with Crippen LogP contribution in [0.4, 0.5) is 0 Å². The molecule has 3 rings (SSSR count). The lowest BCUT2D eigenvalue weighted by atomic mass is 10.2. The number of hydrazone groups is 1. The molecule has 0 bridgehead atoms. The smallest absolute Gasteiger partial charge is 0.245 e. The van der Waals surface area contributed by atoms with Gasteiger partial charge in [-0.05, 0) is 62.0 Å². The predicted octanol–water partition coefficient (Wildman–Crippen LogP) is 4.92. The molecule has 0 spiro atoms. The van der Waals surface area contributed by atoms with Gasteiger partial charge in [-0.15, -0.1) is 11.3 Å². The Morgan fingerprint density at radius 1 is 1.27 bits per heavy atom. The van der Waals surface area contributed by atoms with Crippen molar-refractivity contribution in [1.29, 1.82) is 0 Å². The maximum absolute atomic E-state index is 11.9. The summed E-state index contributed by atoms with van der Waals surface area (Å²) < 4.78 is 3.29. The molecule has 0 saturated heterocycles. The first kappa shape index (κ1) is 18.6. The van der Waals surface area contributed by atoms with Crippen LogP contribution >= 0.6 is 27.3 Å². The Morgan fingerprint density at radius 3 is 2.77 bits per heavy atom. The number of thiophene rings is 1. The average molecular weight is 430 g/mol. The van der Waals surface area contributed by atoms with E-state index in [0.29, 0.717) is 6.42 Å². The Bertz CT molecular complexity index is 958. The van der Waals surface area contributed by atoms with Crippen LogP contribution in [0.2, 0.25) is 0 Å². The van der Waals surface area contributed by atoms with Crippen molar-refractivity contribution in [2.45, 2.75) is 27.2 Å². The highest BCUT2D eigenvalue weighted by Crippen LogP contribution is 2.24. The number of amides is 1. The van der Waals surface area contributed by atoms with E-state index in [0.717, 1.165) is 32.0 Å². The van der Waals surface area contributed by atoms with Crippen molar-refractivity contribution >= 4 is 39.4 Å². The lowest BCUT2D eigenvalue weighted by Crippen LogP contribution is -2.19. The Balaban J connectivity index is 1.75. The zero-order valence-electron chi connectivity index (χ0n) is 14.9. The largest absolute Gasteiger partial charge is 0.318 e. The fourth-order valence-corrected chi connectivity index (χ4v) is 3.82. The van der Waals surface area contributed by atoms with E-state index in [4.69, 9.17) is 0 Å². The molecule has 0 saturated carbocycles. The highest BCUT2D eigenvalue weighted by atomic mass is 79.9. The van der Waals surface area contributed by atoms with Gasteiger partial charge in [0, 0.05) is 32.0 Å². The van der Waals surface area contributed by atoms with E-state index in [2.05, 4.69) is 76.1 Å². The van der Waals surface area contributed by atoms with Gasteiger partial charge in [0.1, 0.15) is 0 Å². The Labute approximate surface area is 165 Å². The van der Waals surface area contributed by atoms with E-state index < -0.39 is 0 Å². The van der Waals surface area contributed by atoms with Gasteiger partial charge in [0.25, 0.3) is 0 Å². The first-order valence-corrected chi connectivity index (χ1v) is 9.92. The molecule has 0 radical (unpaired) electrons. The summed E-state index contributed by atoms with van der Waals surface area (Å²) in [6, 6.07) is 12.2. The van der Waals surface area contributed by atoms with Crippen molar-refractivity contribution in [2.24, 2.45) is 5.10 Å². The van der Waals surface area contributed by atoms with Crippen LogP contribution in [0.1, 0.15) is 27.4 Å². The molecule has 1 N–H and O–H groups in total. The monoisotopic (exact) mass is 429 g/mol. The molecule has 2 aromatic heterocycles. The Hall–Kier alpha value is -2.18. The maximum atomic E-state index is 11.9. The Kier molecular flexibility index (Phi) is 5.74. The minimum Gasteiger partial charge on any atom is -0.318 e. The number of benzene rings is 1. The van der Waals surface area contributed by atoms with Gasteiger partial charge in [-0.2, -0.15) is 5.10 Å². The number of nitrogens with one attached hydrogen (secondary N) is 1. The second kappa shape index (κ2) is 8.01. The second-order valence-electron chi connectivity index (χ2n) is 6.14. The topological polar surface area (TPSA) is 46.4 Å². The van der Waals surface area contributed by atoms with Gasteiger partial charge in [-0.3, -0.25) is 4.79 Å². The maximum Gasteiger partial charge on any atom is 0.245 e. The molecule has 0 unspecified atom stereocenters. The summed E-state index contributed by atoms with van der Waals surface area (Å²) >= 11 is 5.11. The van der Waals surface area contributed by atoms with E-state index in [1.165, 1.54) is 5.56 Å². The van der Waals surface area contributed by atoms with Gasteiger partial charge in [0.15, 0.2) is 0 Å². The number of aryl methyl sites for hydroxylation is 2. The highest BCUT2D eigenvalue weighted by Gasteiger charge is 2.10. The third-order valence-electron chi connectivity index (χ3n) is 4.18. The molecular formula is C20H20BrN3OS. The summed E-state index contributed by atoms with van der Waals surface area (Å²) in [7, 11) is 0. The molecule has 1 amide bonds. The van der Waals surface area contributed by atoms with E-state index in [-0.39, 0.29) is 5.91 Å². The number of hydrogen-bond acceptors (Lipinski definition) is 3. The van der Waals surface area contributed by atoms with Crippen LogP contribution in [-0.2, 0) is 11.2 Å². The third-order valence-corrected chi connectivity index (χ3v) is 5.94. The number of halogens is 1. The molecule has 0 aliphatic heterocycles. The fraction of sp³-hybridized carbons (Fsp3) is 0.200. The van der Waals surface area contributed by atoms with Crippen LogP contribution in [0.5, 0.6) is 0 Å². The number of rotatable bonds is 5. The van der Waals surface area contributed by atoms with Gasteiger partial charge in [0.2, 0.25) is 5.91 Å². The van der Waals surface area contributed by atoms with E-state index in [9.17, 15) is 4.79 Å². The van der Waals surface area contributed by atoms with Crippen molar-refractivity contribution in [1.82, 2.24) is 9.99 Å². The summed E-state index contributed by atoms with van der Waals surface area (Å²) in [5.41, 5.74) is 8.09. The number of nitrogens with zero attached hydrogens (tertiary/aromatic N) is 2. The van der Waals surface area contributed by atoms with Crippen molar-refractivity contribution < 1.29 is 4.79 Å². The molecule has 0 aliphatic carbocycles. The highest BCUT2D eigenvalue weighted by molar-refractivity contribution is 9.10. The van der Waals surface area contributed by atoms with Crippen LogP contribution in [0.15, 0.2) is 51.4 Å². The predicted molar refractivity (Wildman–Crippen MR) is 111 cm³/mol. The van der Waals surface area contributed by atoms with E-state index >= 15 is 0 Å². The van der Waals surface area contributed by atoms with Crippen LogP contribution in [-0.4, -0.2) is 16.7 Å². The molecule has 4 nitrogen and oxygen atoms in total. The molecule has 3 aromatic rings. The van der Waals surface area contributed by atoms with Gasteiger partial charge in [-0.25, -0.2) is 5.43 Å². The van der Waals surface area contributed by atoms with E-state index in [1.807, 2.05) is 17.5 Å². The first-order valence-electron chi connectivity index (χ1n) is 8.25. The third kappa shape index (κ3) is 4.14. The van der Waals surface area contributed by atoms with Crippen molar-refractivity contribution in [3.05, 3.63) is 73.6 Å². The van der Waals surface area contributed by atoms with Crippen molar-refractivity contribution in [3.63, 3.8) is 0 Å². The van der Waals surface area contributed by atoms with Crippen molar-refractivity contribution in [2.75, 3.05) is 0 Å². The number of aromatic nitrogens is 1. The molecule has 0 atom stereocenters. The summed E-state index contributed by atoms with van der Waals surface area (Å²) in [4.78, 5) is 12.9. The first-order chi connectivity index (χ1) is 12.5. The second-order valence-corrected chi connectivity index (χ2v) is 8.03.